The Balaban J connectivity index is 1.89. The van der Waals surface area contributed by atoms with E-state index in [4.69, 9.17) is 17.0 Å². The van der Waals surface area contributed by atoms with Crippen LogP contribution in [-0.4, -0.2) is 46.2 Å². The Labute approximate surface area is 105 Å². The number of nitrogens with one attached hydrogen (secondary N) is 1. The maximum Gasteiger partial charge on any atom is 0.166 e. The number of rotatable bonds is 1. The lowest BCUT2D eigenvalue weighted by Crippen LogP contribution is -2.40. The maximum absolute atomic E-state index is 5.46. The highest BCUT2D eigenvalue weighted by atomic mass is 32.1. The van der Waals surface area contributed by atoms with Crippen molar-refractivity contribution in [3.63, 3.8) is 0 Å². The molecule has 1 aliphatic rings. The molecule has 0 bridgehead atoms. The molecule has 2 heterocycles. The summed E-state index contributed by atoms with van der Waals surface area (Å²) in [6.07, 6.45) is 0. The monoisotopic (exact) mass is 247 g/mol. The second-order valence-electron chi connectivity index (χ2n) is 4.01. The van der Waals surface area contributed by atoms with Crippen molar-refractivity contribution in [2.24, 2.45) is 0 Å². The number of hydrogen-bond acceptors (Lipinski definition) is 3. The molecule has 0 amide bonds. The van der Waals surface area contributed by atoms with Gasteiger partial charge < -0.3 is 14.6 Å². The Morgan fingerprint density at radius 2 is 2.06 bits per heavy atom. The molecule has 1 aromatic carbocycles. The SMILES string of the molecule is S=C(c1nc2ccccc2[nH]1)N1CCOCC1. The lowest BCUT2D eigenvalue weighted by atomic mass is 10.3. The van der Waals surface area contributed by atoms with Gasteiger partial charge in [0.1, 0.15) is 4.99 Å². The molecule has 0 aliphatic carbocycles. The Morgan fingerprint density at radius 3 is 2.82 bits per heavy atom. The molecule has 0 spiro atoms. The Hall–Kier alpha value is -1.46. The van der Waals surface area contributed by atoms with Gasteiger partial charge in [0.2, 0.25) is 0 Å². The van der Waals surface area contributed by atoms with Gasteiger partial charge in [0.15, 0.2) is 5.82 Å². The summed E-state index contributed by atoms with van der Waals surface area (Å²) in [6, 6.07) is 7.96. The summed E-state index contributed by atoms with van der Waals surface area (Å²) in [6.45, 7) is 3.16. The molecule has 88 valence electrons. The summed E-state index contributed by atoms with van der Waals surface area (Å²) in [5, 5.41) is 0. The second-order valence-corrected chi connectivity index (χ2v) is 4.39. The van der Waals surface area contributed by atoms with E-state index in [1.807, 2.05) is 24.3 Å². The van der Waals surface area contributed by atoms with Crippen molar-refractivity contribution in [3.05, 3.63) is 30.1 Å². The number of benzene rings is 1. The van der Waals surface area contributed by atoms with Crippen LogP contribution in [0, 0.1) is 0 Å². The Bertz CT molecular complexity index is 512. The van der Waals surface area contributed by atoms with Gasteiger partial charge in [0.05, 0.1) is 24.2 Å². The molecule has 2 aromatic rings. The fourth-order valence-electron chi connectivity index (χ4n) is 1.97. The minimum atomic E-state index is 0.736. The molecule has 4 nitrogen and oxygen atoms in total. The van der Waals surface area contributed by atoms with Crippen molar-refractivity contribution in [2.75, 3.05) is 26.3 Å². The number of hydrogen-bond donors (Lipinski definition) is 1. The average molecular weight is 247 g/mol. The molecule has 1 N–H and O–H groups in total. The molecule has 0 atom stereocenters. The zero-order valence-electron chi connectivity index (χ0n) is 9.35. The van der Waals surface area contributed by atoms with Gasteiger partial charge in [-0.15, -0.1) is 0 Å². The number of morpholine rings is 1. The van der Waals surface area contributed by atoms with E-state index in [9.17, 15) is 0 Å². The van der Waals surface area contributed by atoms with Crippen molar-refractivity contribution in [3.8, 4) is 0 Å². The molecular weight excluding hydrogens is 234 g/mol. The summed E-state index contributed by atoms with van der Waals surface area (Å²) in [4.78, 5) is 10.7. The van der Waals surface area contributed by atoms with Crippen LogP contribution in [0.5, 0.6) is 0 Å². The van der Waals surface area contributed by atoms with E-state index >= 15 is 0 Å². The van der Waals surface area contributed by atoms with Gasteiger partial charge in [-0.2, -0.15) is 0 Å². The summed E-state index contributed by atoms with van der Waals surface area (Å²) < 4.78 is 5.31. The number of fused-ring (bicyclic) bond motifs is 1. The molecule has 17 heavy (non-hydrogen) atoms. The van der Waals surface area contributed by atoms with Crippen molar-refractivity contribution < 1.29 is 4.74 Å². The van der Waals surface area contributed by atoms with Crippen LogP contribution in [0.3, 0.4) is 0 Å². The van der Waals surface area contributed by atoms with Crippen molar-refractivity contribution in [1.82, 2.24) is 14.9 Å². The normalized spacial score (nSPS) is 16.4. The number of H-pyrrole nitrogens is 1. The zero-order valence-corrected chi connectivity index (χ0v) is 10.2. The van der Waals surface area contributed by atoms with Crippen LogP contribution in [0.25, 0.3) is 11.0 Å². The van der Waals surface area contributed by atoms with Crippen molar-refractivity contribution in [2.45, 2.75) is 0 Å². The maximum atomic E-state index is 5.46. The van der Waals surface area contributed by atoms with Gasteiger partial charge in [-0.1, -0.05) is 24.4 Å². The third kappa shape index (κ3) is 2.03. The van der Waals surface area contributed by atoms with E-state index in [2.05, 4.69) is 14.9 Å². The fraction of sp³-hybridized carbons (Fsp3) is 0.333. The minimum absolute atomic E-state index is 0.736. The first-order valence-electron chi connectivity index (χ1n) is 5.66. The standard InChI is InChI=1S/C12H13N3OS/c17-12(15-5-7-16-8-6-15)11-13-9-3-1-2-4-10(9)14-11/h1-4H,5-8H2,(H,13,14). The first-order chi connectivity index (χ1) is 8.34. The molecule has 0 radical (unpaired) electrons. The van der Waals surface area contributed by atoms with Gasteiger partial charge in [0, 0.05) is 13.1 Å². The first-order valence-corrected chi connectivity index (χ1v) is 6.07. The number of nitrogens with zero attached hydrogens (tertiary/aromatic N) is 2. The molecule has 1 fully saturated rings. The van der Waals surface area contributed by atoms with Gasteiger partial charge >= 0.3 is 0 Å². The first kappa shape index (κ1) is 10.7. The van der Waals surface area contributed by atoms with E-state index in [-0.39, 0.29) is 0 Å². The highest BCUT2D eigenvalue weighted by molar-refractivity contribution is 7.80. The van der Waals surface area contributed by atoms with Crippen LogP contribution in [-0.2, 0) is 4.74 Å². The zero-order chi connectivity index (χ0) is 11.7. The lowest BCUT2D eigenvalue weighted by Gasteiger charge is -2.28. The number of para-hydroxylation sites is 2. The van der Waals surface area contributed by atoms with E-state index in [0.717, 1.165) is 48.1 Å². The summed E-state index contributed by atoms with van der Waals surface area (Å²) in [5.74, 6) is 0.781. The molecular formula is C12H13N3OS. The van der Waals surface area contributed by atoms with Gasteiger partial charge in [0.25, 0.3) is 0 Å². The highest BCUT2D eigenvalue weighted by Gasteiger charge is 2.17. The molecule has 3 rings (SSSR count). The summed E-state index contributed by atoms with van der Waals surface area (Å²) in [5.41, 5.74) is 1.98. The predicted molar refractivity (Wildman–Crippen MR) is 70.2 cm³/mol. The van der Waals surface area contributed by atoms with Crippen LogP contribution in [0.1, 0.15) is 5.82 Å². The van der Waals surface area contributed by atoms with E-state index in [0.29, 0.717) is 0 Å². The smallest absolute Gasteiger partial charge is 0.166 e. The quantitative estimate of drug-likeness (QED) is 0.777. The second kappa shape index (κ2) is 4.43. The third-order valence-electron chi connectivity index (χ3n) is 2.89. The van der Waals surface area contributed by atoms with Gasteiger partial charge in [-0.3, -0.25) is 0 Å². The minimum Gasteiger partial charge on any atom is -0.378 e. The van der Waals surface area contributed by atoms with Gasteiger partial charge in [-0.05, 0) is 12.1 Å². The Morgan fingerprint density at radius 1 is 1.29 bits per heavy atom. The predicted octanol–water partition coefficient (Wildman–Crippen LogP) is 1.57. The van der Waals surface area contributed by atoms with E-state index in [1.165, 1.54) is 0 Å². The molecule has 1 aromatic heterocycles. The number of aromatic amines is 1. The molecule has 5 heteroatoms. The van der Waals surface area contributed by atoms with Crippen LogP contribution in [0.15, 0.2) is 24.3 Å². The van der Waals surface area contributed by atoms with Crippen LogP contribution in [0.2, 0.25) is 0 Å². The lowest BCUT2D eigenvalue weighted by molar-refractivity contribution is 0.0691. The molecule has 1 saturated heterocycles. The number of thiocarbonyl (C=S) groups is 1. The largest absolute Gasteiger partial charge is 0.378 e. The number of aromatic nitrogens is 2. The average Bonchev–Trinajstić information content (AvgIpc) is 2.82. The molecule has 1 aliphatic heterocycles. The van der Waals surface area contributed by atoms with Crippen LogP contribution >= 0.6 is 12.2 Å². The molecule has 0 saturated carbocycles. The van der Waals surface area contributed by atoms with Crippen LogP contribution < -0.4 is 0 Å². The fourth-order valence-corrected chi connectivity index (χ4v) is 2.25. The Kier molecular flexibility index (Phi) is 2.78. The van der Waals surface area contributed by atoms with Gasteiger partial charge in [-0.25, -0.2) is 4.98 Å². The highest BCUT2D eigenvalue weighted by Crippen LogP contribution is 2.13. The van der Waals surface area contributed by atoms with Crippen molar-refractivity contribution >= 4 is 28.2 Å². The van der Waals surface area contributed by atoms with E-state index < -0.39 is 0 Å². The third-order valence-corrected chi connectivity index (χ3v) is 3.34. The number of ether oxygens (including phenoxy) is 1. The van der Waals surface area contributed by atoms with Crippen molar-refractivity contribution in [1.29, 1.82) is 0 Å². The summed E-state index contributed by atoms with van der Waals surface area (Å²) in [7, 11) is 0. The number of imidazole rings is 1. The van der Waals surface area contributed by atoms with Crippen LogP contribution in [0.4, 0.5) is 0 Å². The van der Waals surface area contributed by atoms with E-state index in [1.54, 1.807) is 0 Å². The molecule has 0 unspecified atom stereocenters. The summed E-state index contributed by atoms with van der Waals surface area (Å²) >= 11 is 5.46. The topological polar surface area (TPSA) is 41.2 Å².